The molecule has 0 aliphatic heterocycles. The van der Waals surface area contributed by atoms with Crippen LogP contribution in [0.3, 0.4) is 0 Å². The summed E-state index contributed by atoms with van der Waals surface area (Å²) in [4.78, 5) is 9.97. The fourth-order valence-electron chi connectivity index (χ4n) is 0.484. The van der Waals surface area contributed by atoms with Gasteiger partial charge < -0.3 is 9.84 Å². The minimum Gasteiger partial charge on any atom is -0.480 e. The number of rotatable bonds is 4. The Morgan fingerprint density at radius 3 is 3.18 bits per heavy atom. The van der Waals surface area contributed by atoms with Crippen LogP contribution in [0.15, 0.2) is 5.51 Å². The molecule has 1 rings (SSSR count). The molecule has 0 radical (unpaired) electrons. The molecule has 11 heavy (non-hydrogen) atoms. The predicted molar refractivity (Wildman–Crippen MR) is 37.2 cm³/mol. The Labute approximate surface area is 66.6 Å². The van der Waals surface area contributed by atoms with Crippen LogP contribution in [0, 0.1) is 0 Å². The molecule has 0 amide bonds. The van der Waals surface area contributed by atoms with Crippen molar-refractivity contribution in [2.75, 3.05) is 6.61 Å². The molecule has 1 aromatic heterocycles. The minimum absolute atomic E-state index is 0.219. The molecule has 0 saturated heterocycles. The van der Waals surface area contributed by atoms with E-state index in [0.29, 0.717) is 5.01 Å². The molecule has 0 spiro atoms. The third kappa shape index (κ3) is 3.06. The molecule has 0 fully saturated rings. The summed E-state index contributed by atoms with van der Waals surface area (Å²) in [6, 6.07) is 0. The van der Waals surface area contributed by atoms with Gasteiger partial charge in [-0.05, 0) is 0 Å². The number of hydrogen-bond donors (Lipinski definition) is 1. The molecule has 1 N–H and O–H groups in total. The Morgan fingerprint density at radius 1 is 1.82 bits per heavy atom. The van der Waals surface area contributed by atoms with Crippen LogP contribution < -0.4 is 0 Å². The van der Waals surface area contributed by atoms with Crippen LogP contribution in [-0.4, -0.2) is 27.9 Å². The molecule has 6 heteroatoms. The Hall–Kier alpha value is -1.01. The first kappa shape index (κ1) is 8.09. The molecule has 0 bridgehead atoms. The lowest BCUT2D eigenvalue weighted by Crippen LogP contribution is -2.06. The lowest BCUT2D eigenvalue weighted by atomic mass is 10.7. The van der Waals surface area contributed by atoms with E-state index in [-0.39, 0.29) is 13.2 Å². The zero-order chi connectivity index (χ0) is 8.10. The molecule has 0 saturated carbocycles. The van der Waals surface area contributed by atoms with Gasteiger partial charge in [-0.1, -0.05) is 0 Å². The molecule has 1 heterocycles. The van der Waals surface area contributed by atoms with Crippen LogP contribution in [0.5, 0.6) is 0 Å². The first-order valence-electron chi connectivity index (χ1n) is 2.83. The van der Waals surface area contributed by atoms with Crippen LogP contribution in [-0.2, 0) is 16.1 Å². The lowest BCUT2D eigenvalue weighted by molar-refractivity contribution is -0.142. The van der Waals surface area contributed by atoms with E-state index in [4.69, 9.17) is 9.84 Å². The number of ether oxygens (including phenoxy) is 1. The molecule has 1 aromatic rings. The van der Waals surface area contributed by atoms with Crippen molar-refractivity contribution < 1.29 is 14.6 Å². The van der Waals surface area contributed by atoms with E-state index in [9.17, 15) is 4.79 Å². The normalized spacial score (nSPS) is 9.82. The number of nitrogens with zero attached hydrogens (tertiary/aromatic N) is 2. The molecular weight excluding hydrogens is 168 g/mol. The van der Waals surface area contributed by atoms with Crippen molar-refractivity contribution >= 4 is 17.3 Å². The molecule has 0 unspecified atom stereocenters. The first-order valence-corrected chi connectivity index (χ1v) is 3.71. The second-order valence-electron chi connectivity index (χ2n) is 1.72. The fraction of sp³-hybridized carbons (Fsp3) is 0.400. The van der Waals surface area contributed by atoms with Crippen molar-refractivity contribution in [3.05, 3.63) is 10.5 Å². The second kappa shape index (κ2) is 3.99. The number of carboxylic acids is 1. The maximum absolute atomic E-state index is 9.97. The van der Waals surface area contributed by atoms with Crippen LogP contribution in [0.1, 0.15) is 5.01 Å². The molecule has 5 nitrogen and oxygen atoms in total. The summed E-state index contributed by atoms with van der Waals surface area (Å²) >= 11 is 1.33. The highest BCUT2D eigenvalue weighted by Gasteiger charge is 1.99. The van der Waals surface area contributed by atoms with Gasteiger partial charge in [0.1, 0.15) is 23.7 Å². The summed E-state index contributed by atoms with van der Waals surface area (Å²) in [6.45, 7) is -0.0729. The van der Waals surface area contributed by atoms with E-state index in [2.05, 4.69) is 10.2 Å². The molecule has 0 aliphatic rings. The van der Waals surface area contributed by atoms with Gasteiger partial charge in [-0.25, -0.2) is 4.79 Å². The van der Waals surface area contributed by atoms with Crippen molar-refractivity contribution in [1.29, 1.82) is 0 Å². The average molecular weight is 174 g/mol. The standard InChI is InChI=1S/C5H6N2O3S/c8-5(9)2-10-1-4-7-6-3-11-4/h3H,1-2H2,(H,8,9). The topological polar surface area (TPSA) is 72.3 Å². The van der Waals surface area contributed by atoms with Gasteiger partial charge in [0.25, 0.3) is 0 Å². The minimum atomic E-state index is -0.977. The van der Waals surface area contributed by atoms with Crippen LogP contribution >= 0.6 is 11.3 Å². The maximum atomic E-state index is 9.97. The largest absolute Gasteiger partial charge is 0.480 e. The summed E-state index contributed by atoms with van der Waals surface area (Å²) in [5.74, 6) is -0.977. The van der Waals surface area contributed by atoms with Gasteiger partial charge in [-0.3, -0.25) is 0 Å². The van der Waals surface area contributed by atoms with E-state index in [0.717, 1.165) is 0 Å². The SMILES string of the molecule is O=C(O)COCc1nncs1. The van der Waals surface area contributed by atoms with Gasteiger partial charge in [0, 0.05) is 0 Å². The average Bonchev–Trinajstić information content (AvgIpc) is 2.39. The third-order valence-corrected chi connectivity index (χ3v) is 1.53. The lowest BCUT2D eigenvalue weighted by Gasteiger charge is -1.94. The van der Waals surface area contributed by atoms with Gasteiger partial charge >= 0.3 is 5.97 Å². The van der Waals surface area contributed by atoms with Crippen LogP contribution in [0.4, 0.5) is 0 Å². The zero-order valence-corrected chi connectivity index (χ0v) is 6.37. The first-order chi connectivity index (χ1) is 5.29. The van der Waals surface area contributed by atoms with Gasteiger partial charge in [0.15, 0.2) is 0 Å². The maximum Gasteiger partial charge on any atom is 0.329 e. The van der Waals surface area contributed by atoms with Crippen molar-refractivity contribution in [1.82, 2.24) is 10.2 Å². The summed E-state index contributed by atoms with van der Waals surface area (Å²) in [7, 11) is 0. The summed E-state index contributed by atoms with van der Waals surface area (Å²) < 4.78 is 4.75. The molecule has 60 valence electrons. The summed E-state index contributed by atoms with van der Waals surface area (Å²) in [5, 5.41) is 16.1. The predicted octanol–water partition coefficient (Wildman–Crippen LogP) is 0.139. The molecule has 0 atom stereocenters. The quantitative estimate of drug-likeness (QED) is 0.702. The Balaban J connectivity index is 2.19. The van der Waals surface area contributed by atoms with E-state index in [1.54, 1.807) is 5.51 Å². The molecular formula is C5H6N2O3S. The van der Waals surface area contributed by atoms with Gasteiger partial charge in [-0.2, -0.15) is 0 Å². The zero-order valence-electron chi connectivity index (χ0n) is 5.56. The van der Waals surface area contributed by atoms with E-state index in [1.807, 2.05) is 0 Å². The Bertz CT molecular complexity index is 224. The second-order valence-corrected chi connectivity index (χ2v) is 2.64. The Morgan fingerprint density at radius 2 is 2.64 bits per heavy atom. The number of carboxylic acid groups (broad SMARTS) is 1. The van der Waals surface area contributed by atoms with Crippen molar-refractivity contribution in [3.8, 4) is 0 Å². The highest BCUT2D eigenvalue weighted by molar-refractivity contribution is 7.09. The number of hydrogen-bond acceptors (Lipinski definition) is 5. The fourth-order valence-corrected chi connectivity index (χ4v) is 0.946. The van der Waals surface area contributed by atoms with Crippen molar-refractivity contribution in [2.24, 2.45) is 0 Å². The van der Waals surface area contributed by atoms with Gasteiger partial charge in [0.2, 0.25) is 0 Å². The highest BCUT2D eigenvalue weighted by Crippen LogP contribution is 2.01. The number of carbonyl (C=O) groups is 1. The van der Waals surface area contributed by atoms with Gasteiger partial charge in [0.05, 0.1) is 0 Å². The van der Waals surface area contributed by atoms with Crippen molar-refractivity contribution in [3.63, 3.8) is 0 Å². The summed E-state index contributed by atoms with van der Waals surface area (Å²) in [6.07, 6.45) is 0. The summed E-state index contributed by atoms with van der Waals surface area (Å²) in [5.41, 5.74) is 1.57. The Kier molecular flexibility index (Phi) is 2.94. The van der Waals surface area contributed by atoms with Gasteiger partial charge in [-0.15, -0.1) is 21.5 Å². The van der Waals surface area contributed by atoms with E-state index < -0.39 is 5.97 Å². The number of aliphatic carboxylic acids is 1. The van der Waals surface area contributed by atoms with Crippen molar-refractivity contribution in [2.45, 2.75) is 6.61 Å². The molecule has 0 aliphatic carbocycles. The monoisotopic (exact) mass is 174 g/mol. The smallest absolute Gasteiger partial charge is 0.329 e. The van der Waals surface area contributed by atoms with Crippen LogP contribution in [0.2, 0.25) is 0 Å². The molecule has 0 aromatic carbocycles. The van der Waals surface area contributed by atoms with Crippen LogP contribution in [0.25, 0.3) is 0 Å². The number of aromatic nitrogens is 2. The van der Waals surface area contributed by atoms with E-state index in [1.165, 1.54) is 11.3 Å². The van der Waals surface area contributed by atoms with E-state index >= 15 is 0 Å². The third-order valence-electron chi connectivity index (χ3n) is 0.856. The highest BCUT2D eigenvalue weighted by atomic mass is 32.1.